The van der Waals surface area contributed by atoms with Crippen LogP contribution in [0.25, 0.3) is 0 Å². The molecule has 3 N–H and O–H groups in total. The highest BCUT2D eigenvalue weighted by molar-refractivity contribution is 5.13. The standard InChI is InChI=1S/C11H14N4O/c12-10(7-16)11-5-14-8-15(11)6-9-1-3-13-4-2-9/h1-5,8,10,16H,6-7,12H2. The second kappa shape index (κ2) is 4.87. The van der Waals surface area contributed by atoms with Crippen LogP contribution in [0, 0.1) is 0 Å². The first kappa shape index (κ1) is 10.8. The maximum absolute atomic E-state index is 9.02. The van der Waals surface area contributed by atoms with Crippen LogP contribution in [0.4, 0.5) is 0 Å². The molecule has 2 rings (SSSR count). The van der Waals surface area contributed by atoms with Crippen LogP contribution >= 0.6 is 0 Å². The van der Waals surface area contributed by atoms with E-state index in [2.05, 4.69) is 9.97 Å². The van der Waals surface area contributed by atoms with Gasteiger partial charge < -0.3 is 15.4 Å². The molecule has 0 aliphatic rings. The smallest absolute Gasteiger partial charge is 0.0951 e. The molecule has 1 unspecified atom stereocenters. The average molecular weight is 218 g/mol. The Labute approximate surface area is 93.6 Å². The third-order valence-electron chi connectivity index (χ3n) is 2.42. The van der Waals surface area contributed by atoms with Gasteiger partial charge in [0.15, 0.2) is 0 Å². The predicted molar refractivity (Wildman–Crippen MR) is 59.6 cm³/mol. The van der Waals surface area contributed by atoms with Crippen LogP contribution in [-0.4, -0.2) is 26.2 Å². The van der Waals surface area contributed by atoms with Gasteiger partial charge in [0.1, 0.15) is 0 Å². The predicted octanol–water partition coefficient (Wildman–Crippen LogP) is 0.318. The van der Waals surface area contributed by atoms with E-state index in [0.29, 0.717) is 6.54 Å². The van der Waals surface area contributed by atoms with Crippen molar-refractivity contribution in [3.05, 3.63) is 48.3 Å². The molecule has 2 aromatic heterocycles. The lowest BCUT2D eigenvalue weighted by atomic mass is 10.2. The zero-order chi connectivity index (χ0) is 11.4. The SMILES string of the molecule is NC(CO)c1cncn1Cc1ccncc1. The highest BCUT2D eigenvalue weighted by Gasteiger charge is 2.10. The zero-order valence-corrected chi connectivity index (χ0v) is 8.82. The molecule has 5 heteroatoms. The number of imidazole rings is 1. The molecule has 2 aromatic rings. The van der Waals surface area contributed by atoms with Crippen LogP contribution in [0.5, 0.6) is 0 Å². The van der Waals surface area contributed by atoms with Gasteiger partial charge in [-0.15, -0.1) is 0 Å². The molecule has 84 valence electrons. The summed E-state index contributed by atoms with van der Waals surface area (Å²) < 4.78 is 1.93. The van der Waals surface area contributed by atoms with Crippen molar-refractivity contribution in [3.8, 4) is 0 Å². The maximum atomic E-state index is 9.02. The van der Waals surface area contributed by atoms with E-state index in [1.807, 2.05) is 16.7 Å². The minimum atomic E-state index is -0.385. The van der Waals surface area contributed by atoms with E-state index in [9.17, 15) is 0 Å². The Morgan fingerprint density at radius 3 is 2.75 bits per heavy atom. The Hall–Kier alpha value is -1.72. The van der Waals surface area contributed by atoms with Gasteiger partial charge in [0.05, 0.1) is 24.7 Å². The van der Waals surface area contributed by atoms with Gasteiger partial charge in [-0.1, -0.05) is 0 Å². The van der Waals surface area contributed by atoms with Crippen LogP contribution in [-0.2, 0) is 6.54 Å². The molecule has 0 amide bonds. The molecule has 0 aliphatic heterocycles. The second-order valence-corrected chi connectivity index (χ2v) is 3.59. The largest absolute Gasteiger partial charge is 0.394 e. The van der Waals surface area contributed by atoms with Gasteiger partial charge in [-0.3, -0.25) is 4.98 Å². The highest BCUT2D eigenvalue weighted by Crippen LogP contribution is 2.11. The van der Waals surface area contributed by atoms with Gasteiger partial charge in [0.2, 0.25) is 0 Å². The van der Waals surface area contributed by atoms with Crippen molar-refractivity contribution in [2.45, 2.75) is 12.6 Å². The van der Waals surface area contributed by atoms with Crippen molar-refractivity contribution in [2.24, 2.45) is 5.73 Å². The Balaban J connectivity index is 2.19. The number of aromatic nitrogens is 3. The Bertz CT molecular complexity index is 440. The summed E-state index contributed by atoms with van der Waals surface area (Å²) in [7, 11) is 0. The highest BCUT2D eigenvalue weighted by atomic mass is 16.3. The molecule has 1 atom stereocenters. The molecular weight excluding hydrogens is 204 g/mol. The summed E-state index contributed by atoms with van der Waals surface area (Å²) >= 11 is 0. The summed E-state index contributed by atoms with van der Waals surface area (Å²) in [6.45, 7) is 0.605. The summed E-state index contributed by atoms with van der Waals surface area (Å²) in [6.07, 6.45) is 6.89. The first-order chi connectivity index (χ1) is 7.81. The lowest BCUT2D eigenvalue weighted by Gasteiger charge is -2.12. The van der Waals surface area contributed by atoms with E-state index in [4.69, 9.17) is 10.8 Å². The number of hydrogen-bond donors (Lipinski definition) is 2. The van der Waals surface area contributed by atoms with Crippen molar-refractivity contribution in [1.82, 2.24) is 14.5 Å². The minimum absolute atomic E-state index is 0.0813. The molecule has 0 bridgehead atoms. The van der Waals surface area contributed by atoms with Gasteiger partial charge in [-0.25, -0.2) is 4.98 Å². The topological polar surface area (TPSA) is 77.0 Å². The van der Waals surface area contributed by atoms with Gasteiger partial charge in [-0.2, -0.15) is 0 Å². The van der Waals surface area contributed by atoms with Crippen molar-refractivity contribution in [2.75, 3.05) is 6.61 Å². The number of aliphatic hydroxyl groups excluding tert-OH is 1. The second-order valence-electron chi connectivity index (χ2n) is 3.59. The van der Waals surface area contributed by atoms with Crippen molar-refractivity contribution in [1.29, 1.82) is 0 Å². The monoisotopic (exact) mass is 218 g/mol. The fourth-order valence-electron chi connectivity index (χ4n) is 1.55. The fourth-order valence-corrected chi connectivity index (χ4v) is 1.55. The molecule has 0 fully saturated rings. The molecular formula is C11H14N4O. The number of rotatable bonds is 4. The number of aliphatic hydroxyl groups is 1. The Morgan fingerprint density at radius 2 is 2.06 bits per heavy atom. The minimum Gasteiger partial charge on any atom is -0.394 e. The van der Waals surface area contributed by atoms with E-state index >= 15 is 0 Å². The first-order valence-corrected chi connectivity index (χ1v) is 5.06. The third-order valence-corrected chi connectivity index (χ3v) is 2.42. The number of nitrogens with two attached hydrogens (primary N) is 1. The summed E-state index contributed by atoms with van der Waals surface area (Å²) in [5, 5.41) is 9.02. The molecule has 16 heavy (non-hydrogen) atoms. The van der Waals surface area contributed by atoms with Crippen LogP contribution in [0.15, 0.2) is 37.1 Å². The summed E-state index contributed by atoms with van der Waals surface area (Å²) in [6, 6.07) is 3.49. The van der Waals surface area contributed by atoms with E-state index < -0.39 is 0 Å². The lowest BCUT2D eigenvalue weighted by Crippen LogP contribution is -2.19. The van der Waals surface area contributed by atoms with E-state index in [-0.39, 0.29) is 12.6 Å². The fraction of sp³-hybridized carbons (Fsp3) is 0.273. The number of nitrogens with zero attached hydrogens (tertiary/aromatic N) is 3. The molecule has 0 aromatic carbocycles. The van der Waals surface area contributed by atoms with Gasteiger partial charge in [0.25, 0.3) is 0 Å². The third kappa shape index (κ3) is 2.26. The lowest BCUT2D eigenvalue weighted by molar-refractivity contribution is 0.263. The normalized spacial score (nSPS) is 12.6. The van der Waals surface area contributed by atoms with Crippen LogP contribution < -0.4 is 5.73 Å². The number of pyridine rings is 1. The Kier molecular flexibility index (Phi) is 3.28. The van der Waals surface area contributed by atoms with Crippen molar-refractivity contribution < 1.29 is 5.11 Å². The van der Waals surface area contributed by atoms with Crippen LogP contribution in [0.2, 0.25) is 0 Å². The molecule has 0 aliphatic carbocycles. The van der Waals surface area contributed by atoms with Crippen molar-refractivity contribution >= 4 is 0 Å². The summed E-state index contributed by atoms with van der Waals surface area (Å²) in [5.74, 6) is 0. The van der Waals surface area contributed by atoms with Crippen LogP contribution in [0.3, 0.4) is 0 Å². The van der Waals surface area contributed by atoms with Gasteiger partial charge in [-0.05, 0) is 17.7 Å². The van der Waals surface area contributed by atoms with E-state index in [1.165, 1.54) is 0 Å². The molecule has 0 radical (unpaired) electrons. The number of hydrogen-bond acceptors (Lipinski definition) is 4. The molecule has 0 saturated carbocycles. The molecule has 2 heterocycles. The Morgan fingerprint density at radius 1 is 1.31 bits per heavy atom. The molecule has 5 nitrogen and oxygen atoms in total. The van der Waals surface area contributed by atoms with Crippen LogP contribution in [0.1, 0.15) is 17.3 Å². The first-order valence-electron chi connectivity index (χ1n) is 5.06. The van der Waals surface area contributed by atoms with Gasteiger partial charge in [0, 0.05) is 25.1 Å². The van der Waals surface area contributed by atoms with E-state index in [0.717, 1.165) is 11.3 Å². The summed E-state index contributed by atoms with van der Waals surface area (Å²) in [4.78, 5) is 8.00. The quantitative estimate of drug-likeness (QED) is 0.774. The van der Waals surface area contributed by atoms with Gasteiger partial charge >= 0.3 is 0 Å². The molecule has 0 saturated heterocycles. The maximum Gasteiger partial charge on any atom is 0.0951 e. The van der Waals surface area contributed by atoms with E-state index in [1.54, 1.807) is 24.9 Å². The average Bonchev–Trinajstić information content (AvgIpc) is 2.77. The molecule has 0 spiro atoms. The zero-order valence-electron chi connectivity index (χ0n) is 8.82. The van der Waals surface area contributed by atoms with Crippen molar-refractivity contribution in [3.63, 3.8) is 0 Å². The summed E-state index contributed by atoms with van der Waals surface area (Å²) in [5.41, 5.74) is 7.73.